The molecule has 2 aromatic rings. The lowest BCUT2D eigenvalue weighted by Gasteiger charge is -2.20. The van der Waals surface area contributed by atoms with E-state index in [1.165, 1.54) is 4.90 Å². The van der Waals surface area contributed by atoms with Gasteiger partial charge in [0, 0.05) is 21.2 Å². The molecule has 1 unspecified atom stereocenters. The van der Waals surface area contributed by atoms with Gasteiger partial charge in [-0.05, 0) is 42.4 Å². The van der Waals surface area contributed by atoms with Gasteiger partial charge in [0.15, 0.2) is 0 Å². The molecule has 112 valence electrons. The summed E-state index contributed by atoms with van der Waals surface area (Å²) in [6.07, 6.45) is 0. The van der Waals surface area contributed by atoms with Crippen LogP contribution in [0.3, 0.4) is 0 Å². The zero-order chi connectivity index (χ0) is 15.2. The molecule has 5 heteroatoms. The van der Waals surface area contributed by atoms with E-state index in [0.717, 1.165) is 22.3 Å². The van der Waals surface area contributed by atoms with Crippen molar-refractivity contribution in [1.82, 2.24) is 5.32 Å². The first-order chi connectivity index (χ1) is 10.1. The number of nitrogens with one attached hydrogen (secondary N) is 1. The van der Waals surface area contributed by atoms with Gasteiger partial charge in [0.05, 0.1) is 10.0 Å². The summed E-state index contributed by atoms with van der Waals surface area (Å²) in [5.74, 6) is 0.898. The second-order valence-corrected chi connectivity index (χ2v) is 7.31. The number of rotatable bonds is 6. The van der Waals surface area contributed by atoms with Crippen molar-refractivity contribution in [3.8, 4) is 0 Å². The van der Waals surface area contributed by atoms with Crippen LogP contribution in [-0.4, -0.2) is 12.3 Å². The largest absolute Gasteiger partial charge is 0.309 e. The number of benzene rings is 2. The normalized spacial score (nSPS) is 12.4. The Bertz CT molecular complexity index is 589. The SMILES string of the molecule is CCNC(CSc1ccc(Br)cc1)c1cccc(Cl)c1Cl. The number of halogens is 3. The van der Waals surface area contributed by atoms with Crippen LogP contribution in [0.4, 0.5) is 0 Å². The minimum atomic E-state index is 0.176. The van der Waals surface area contributed by atoms with Crippen molar-refractivity contribution in [2.45, 2.75) is 17.9 Å². The summed E-state index contributed by atoms with van der Waals surface area (Å²) in [6, 6.07) is 14.3. The molecular formula is C16H16BrCl2NS. The average molecular weight is 405 g/mol. The third kappa shape index (κ3) is 4.90. The second-order valence-electron chi connectivity index (χ2n) is 4.52. The zero-order valence-corrected chi connectivity index (χ0v) is 15.5. The van der Waals surface area contributed by atoms with E-state index < -0.39 is 0 Å². The summed E-state index contributed by atoms with van der Waals surface area (Å²) < 4.78 is 1.09. The van der Waals surface area contributed by atoms with Gasteiger partial charge in [0.2, 0.25) is 0 Å². The first-order valence-corrected chi connectivity index (χ1v) is 9.21. The van der Waals surface area contributed by atoms with Gasteiger partial charge >= 0.3 is 0 Å². The van der Waals surface area contributed by atoms with Gasteiger partial charge in [0.1, 0.15) is 0 Å². The van der Waals surface area contributed by atoms with Crippen molar-refractivity contribution in [2.24, 2.45) is 0 Å². The van der Waals surface area contributed by atoms with Crippen LogP contribution in [0.2, 0.25) is 10.0 Å². The molecule has 0 radical (unpaired) electrons. The molecule has 0 saturated carbocycles. The molecule has 0 aliphatic carbocycles. The molecule has 0 saturated heterocycles. The highest BCUT2D eigenvalue weighted by molar-refractivity contribution is 9.10. The maximum absolute atomic E-state index is 6.34. The first-order valence-electron chi connectivity index (χ1n) is 6.67. The molecule has 1 atom stereocenters. The third-order valence-electron chi connectivity index (χ3n) is 3.04. The summed E-state index contributed by atoms with van der Waals surface area (Å²) in [5, 5.41) is 4.72. The number of hydrogen-bond donors (Lipinski definition) is 1. The molecule has 0 fully saturated rings. The zero-order valence-electron chi connectivity index (χ0n) is 11.6. The van der Waals surface area contributed by atoms with E-state index in [9.17, 15) is 0 Å². The number of hydrogen-bond acceptors (Lipinski definition) is 2. The highest BCUT2D eigenvalue weighted by atomic mass is 79.9. The molecule has 0 aromatic heterocycles. The van der Waals surface area contributed by atoms with E-state index in [2.05, 4.69) is 52.4 Å². The third-order valence-corrected chi connectivity index (χ3v) is 5.51. The lowest BCUT2D eigenvalue weighted by Crippen LogP contribution is -2.23. The highest BCUT2D eigenvalue weighted by Gasteiger charge is 2.15. The fourth-order valence-electron chi connectivity index (χ4n) is 2.01. The molecule has 0 heterocycles. The minimum absolute atomic E-state index is 0.176. The van der Waals surface area contributed by atoms with Crippen LogP contribution in [0.25, 0.3) is 0 Å². The van der Waals surface area contributed by atoms with Crippen molar-refractivity contribution in [2.75, 3.05) is 12.3 Å². The van der Waals surface area contributed by atoms with Crippen molar-refractivity contribution < 1.29 is 0 Å². The second kappa shape index (κ2) is 8.44. The van der Waals surface area contributed by atoms with Crippen molar-refractivity contribution in [3.05, 3.63) is 62.5 Å². The lowest BCUT2D eigenvalue weighted by molar-refractivity contribution is 0.606. The van der Waals surface area contributed by atoms with Crippen LogP contribution in [0, 0.1) is 0 Å². The molecule has 1 N–H and O–H groups in total. The Labute approximate surface area is 148 Å². The Kier molecular flexibility index (Phi) is 6.90. The van der Waals surface area contributed by atoms with Gasteiger partial charge in [-0.25, -0.2) is 0 Å². The van der Waals surface area contributed by atoms with Gasteiger partial charge in [-0.1, -0.05) is 58.2 Å². The van der Waals surface area contributed by atoms with Crippen molar-refractivity contribution >= 4 is 50.9 Å². The van der Waals surface area contributed by atoms with Crippen molar-refractivity contribution in [3.63, 3.8) is 0 Å². The fourth-order valence-corrected chi connectivity index (χ4v) is 3.69. The summed E-state index contributed by atoms with van der Waals surface area (Å²) in [6.45, 7) is 2.98. The van der Waals surface area contributed by atoms with Gasteiger partial charge in [0.25, 0.3) is 0 Å². The smallest absolute Gasteiger partial charge is 0.0640 e. The topological polar surface area (TPSA) is 12.0 Å². The summed E-state index contributed by atoms with van der Waals surface area (Å²) in [7, 11) is 0. The Morgan fingerprint density at radius 2 is 1.86 bits per heavy atom. The molecular weight excluding hydrogens is 389 g/mol. The molecule has 0 amide bonds. The average Bonchev–Trinajstić information content (AvgIpc) is 2.48. The lowest BCUT2D eigenvalue weighted by atomic mass is 10.1. The molecule has 0 aliphatic heterocycles. The van der Waals surface area contributed by atoms with E-state index in [0.29, 0.717) is 10.0 Å². The van der Waals surface area contributed by atoms with E-state index in [1.54, 1.807) is 11.8 Å². The van der Waals surface area contributed by atoms with E-state index in [4.69, 9.17) is 23.2 Å². The van der Waals surface area contributed by atoms with Crippen LogP contribution >= 0.6 is 50.9 Å². The highest BCUT2D eigenvalue weighted by Crippen LogP contribution is 2.33. The molecule has 0 aliphatic rings. The Morgan fingerprint density at radius 3 is 2.52 bits per heavy atom. The van der Waals surface area contributed by atoms with E-state index >= 15 is 0 Å². The van der Waals surface area contributed by atoms with E-state index in [1.807, 2.05) is 18.2 Å². The predicted molar refractivity (Wildman–Crippen MR) is 97.7 cm³/mol. The van der Waals surface area contributed by atoms with Crippen LogP contribution < -0.4 is 5.32 Å². The maximum Gasteiger partial charge on any atom is 0.0640 e. The van der Waals surface area contributed by atoms with Gasteiger partial charge in [-0.15, -0.1) is 11.8 Å². The van der Waals surface area contributed by atoms with E-state index in [-0.39, 0.29) is 6.04 Å². The molecule has 2 aromatic carbocycles. The maximum atomic E-state index is 6.34. The fraction of sp³-hybridized carbons (Fsp3) is 0.250. The monoisotopic (exact) mass is 403 g/mol. The molecule has 1 nitrogen and oxygen atoms in total. The van der Waals surface area contributed by atoms with Gasteiger partial charge < -0.3 is 5.32 Å². The summed E-state index contributed by atoms with van der Waals surface area (Å²) in [5.41, 5.74) is 1.05. The quantitative estimate of drug-likeness (QED) is 0.575. The number of thioether (sulfide) groups is 1. The predicted octanol–water partition coefficient (Wildman–Crippen LogP) is 6.20. The summed E-state index contributed by atoms with van der Waals surface area (Å²) in [4.78, 5) is 1.24. The van der Waals surface area contributed by atoms with Gasteiger partial charge in [-0.2, -0.15) is 0 Å². The van der Waals surface area contributed by atoms with Crippen LogP contribution in [0.1, 0.15) is 18.5 Å². The molecule has 0 bridgehead atoms. The van der Waals surface area contributed by atoms with Crippen LogP contribution in [-0.2, 0) is 0 Å². The molecule has 0 spiro atoms. The Hall–Kier alpha value is -0.190. The van der Waals surface area contributed by atoms with Crippen LogP contribution in [0.5, 0.6) is 0 Å². The van der Waals surface area contributed by atoms with Gasteiger partial charge in [-0.3, -0.25) is 0 Å². The van der Waals surface area contributed by atoms with Crippen LogP contribution in [0.15, 0.2) is 51.8 Å². The molecule has 21 heavy (non-hydrogen) atoms. The Morgan fingerprint density at radius 1 is 1.14 bits per heavy atom. The Balaban J connectivity index is 2.12. The summed E-state index contributed by atoms with van der Waals surface area (Å²) >= 11 is 17.7. The first kappa shape index (κ1) is 17.2. The minimum Gasteiger partial charge on any atom is -0.309 e. The molecule has 2 rings (SSSR count). The standard InChI is InChI=1S/C16H16BrCl2NS/c1-2-20-15(13-4-3-5-14(18)16(13)19)10-21-12-8-6-11(17)7-9-12/h3-9,15,20H,2,10H2,1H3. The van der Waals surface area contributed by atoms with Crippen molar-refractivity contribution in [1.29, 1.82) is 0 Å².